The minimum absolute atomic E-state index is 0.00825. The summed E-state index contributed by atoms with van der Waals surface area (Å²) in [5.41, 5.74) is 1.68. The van der Waals surface area contributed by atoms with E-state index in [1.165, 1.54) is 15.6 Å². The predicted octanol–water partition coefficient (Wildman–Crippen LogP) is 3.61. The number of carbonyl (C=O) groups excluding carboxylic acids is 1. The van der Waals surface area contributed by atoms with Crippen molar-refractivity contribution < 1.29 is 13.2 Å². The topological polar surface area (TPSA) is 79.4 Å². The van der Waals surface area contributed by atoms with Gasteiger partial charge in [0.15, 0.2) is 5.13 Å². The maximum absolute atomic E-state index is 12.1. The Morgan fingerprint density at radius 1 is 1.23 bits per heavy atom. The third-order valence-electron chi connectivity index (χ3n) is 4.16. The Balaban J connectivity index is 1.48. The lowest BCUT2D eigenvalue weighted by molar-refractivity contribution is -0.116. The Morgan fingerprint density at radius 2 is 1.92 bits per heavy atom. The fourth-order valence-corrected chi connectivity index (χ4v) is 5.22. The largest absolute Gasteiger partial charge is 0.302 e. The maximum Gasteiger partial charge on any atom is 0.226 e. The Hall–Kier alpha value is -1.48. The summed E-state index contributed by atoms with van der Waals surface area (Å²) in [7, 11) is -3.23. The highest BCUT2D eigenvalue weighted by Crippen LogP contribution is 2.26. The number of anilines is 1. The summed E-state index contributed by atoms with van der Waals surface area (Å²) in [5, 5.41) is 5.75. The van der Waals surface area contributed by atoms with E-state index in [1.54, 1.807) is 12.1 Å². The van der Waals surface area contributed by atoms with Crippen molar-refractivity contribution in [2.45, 2.75) is 25.7 Å². The van der Waals surface area contributed by atoms with Gasteiger partial charge < -0.3 is 5.32 Å². The summed E-state index contributed by atoms with van der Waals surface area (Å²) in [6.45, 7) is 1.20. The highest BCUT2D eigenvalue weighted by Gasteiger charge is 2.24. The number of hydrogen-bond acceptors (Lipinski definition) is 5. The molecule has 0 saturated carbocycles. The molecule has 1 saturated heterocycles. The van der Waals surface area contributed by atoms with E-state index in [9.17, 15) is 13.2 Å². The number of carbonyl (C=O) groups is 1. The van der Waals surface area contributed by atoms with Crippen molar-refractivity contribution in [2.24, 2.45) is 0 Å². The molecule has 1 aliphatic rings. The SMILES string of the molecule is O=C(CCCS(=O)(=O)N1CCCC1)Nc1nc(-c2ccc(Cl)cc2)cs1. The molecule has 1 fully saturated rings. The molecule has 3 rings (SSSR count). The zero-order chi connectivity index (χ0) is 18.6. The molecule has 0 spiro atoms. The minimum atomic E-state index is -3.23. The van der Waals surface area contributed by atoms with E-state index in [0.717, 1.165) is 24.1 Å². The van der Waals surface area contributed by atoms with Gasteiger partial charge in [-0.15, -0.1) is 11.3 Å². The van der Waals surface area contributed by atoms with Crippen LogP contribution in [0.3, 0.4) is 0 Å². The van der Waals surface area contributed by atoms with Crippen molar-refractivity contribution in [1.29, 1.82) is 0 Å². The monoisotopic (exact) mass is 413 g/mol. The van der Waals surface area contributed by atoms with Gasteiger partial charge in [-0.3, -0.25) is 4.79 Å². The lowest BCUT2D eigenvalue weighted by Crippen LogP contribution is -2.30. The molecular weight excluding hydrogens is 394 g/mol. The van der Waals surface area contributed by atoms with Crippen molar-refractivity contribution in [1.82, 2.24) is 9.29 Å². The molecule has 1 N–H and O–H groups in total. The van der Waals surface area contributed by atoms with Crippen molar-refractivity contribution in [3.05, 3.63) is 34.7 Å². The molecule has 0 atom stereocenters. The van der Waals surface area contributed by atoms with Crippen LogP contribution in [0.5, 0.6) is 0 Å². The molecule has 1 aromatic carbocycles. The van der Waals surface area contributed by atoms with Gasteiger partial charge in [-0.1, -0.05) is 23.7 Å². The van der Waals surface area contributed by atoms with E-state index >= 15 is 0 Å². The first-order valence-electron chi connectivity index (χ1n) is 8.43. The molecule has 2 heterocycles. The molecule has 9 heteroatoms. The van der Waals surface area contributed by atoms with Crippen LogP contribution in [0.1, 0.15) is 25.7 Å². The van der Waals surface area contributed by atoms with Crippen molar-refractivity contribution in [3.63, 3.8) is 0 Å². The number of sulfonamides is 1. The van der Waals surface area contributed by atoms with E-state index < -0.39 is 10.0 Å². The van der Waals surface area contributed by atoms with E-state index in [4.69, 9.17) is 11.6 Å². The number of hydrogen-bond donors (Lipinski definition) is 1. The van der Waals surface area contributed by atoms with Crippen molar-refractivity contribution >= 4 is 44.0 Å². The highest BCUT2D eigenvalue weighted by molar-refractivity contribution is 7.89. The van der Waals surface area contributed by atoms with Gasteiger partial charge in [0, 0.05) is 35.5 Å². The molecule has 2 aromatic rings. The summed E-state index contributed by atoms with van der Waals surface area (Å²) >= 11 is 7.21. The molecule has 0 unspecified atom stereocenters. The number of aromatic nitrogens is 1. The number of amides is 1. The molecular formula is C17H20ClN3O3S2. The average molecular weight is 414 g/mol. The molecule has 0 radical (unpaired) electrons. The smallest absolute Gasteiger partial charge is 0.226 e. The standard InChI is InChI=1S/C17H20ClN3O3S2/c18-14-7-5-13(6-8-14)15-12-25-17(19-15)20-16(22)4-3-11-26(23,24)21-9-1-2-10-21/h5-8,12H,1-4,9-11H2,(H,19,20,22). The Kier molecular flexibility index (Phi) is 6.29. The summed E-state index contributed by atoms with van der Waals surface area (Å²) in [4.78, 5) is 16.4. The Morgan fingerprint density at radius 3 is 2.62 bits per heavy atom. The second-order valence-electron chi connectivity index (χ2n) is 6.12. The van der Waals surface area contributed by atoms with Crippen molar-refractivity contribution in [3.8, 4) is 11.3 Å². The van der Waals surface area contributed by atoms with Crippen LogP contribution in [-0.4, -0.2) is 42.5 Å². The van der Waals surface area contributed by atoms with E-state index in [2.05, 4.69) is 10.3 Å². The third-order valence-corrected chi connectivity index (χ3v) is 7.12. The van der Waals surface area contributed by atoms with Crippen LogP contribution in [0.4, 0.5) is 5.13 Å². The lowest BCUT2D eigenvalue weighted by Gasteiger charge is -2.14. The quantitative estimate of drug-likeness (QED) is 0.751. The normalized spacial score (nSPS) is 15.3. The number of nitrogens with one attached hydrogen (secondary N) is 1. The molecule has 1 aliphatic heterocycles. The fourth-order valence-electron chi connectivity index (χ4n) is 2.78. The lowest BCUT2D eigenvalue weighted by atomic mass is 10.2. The fraction of sp³-hybridized carbons (Fsp3) is 0.412. The van der Waals surface area contributed by atoms with Crippen LogP contribution in [-0.2, 0) is 14.8 Å². The molecule has 1 aromatic heterocycles. The summed E-state index contributed by atoms with van der Waals surface area (Å²) in [6.07, 6.45) is 2.29. The zero-order valence-corrected chi connectivity index (χ0v) is 16.5. The second kappa shape index (κ2) is 8.47. The number of halogens is 1. The van der Waals surface area contributed by atoms with Gasteiger partial charge in [-0.2, -0.15) is 0 Å². The molecule has 1 amide bonds. The highest BCUT2D eigenvalue weighted by atomic mass is 35.5. The molecule has 140 valence electrons. The van der Waals surface area contributed by atoms with Crippen LogP contribution in [0.2, 0.25) is 5.02 Å². The molecule has 0 bridgehead atoms. The van der Waals surface area contributed by atoms with E-state index in [0.29, 0.717) is 29.7 Å². The third kappa shape index (κ3) is 5.03. The maximum atomic E-state index is 12.1. The predicted molar refractivity (Wildman–Crippen MR) is 105 cm³/mol. The van der Waals surface area contributed by atoms with Crippen molar-refractivity contribution in [2.75, 3.05) is 24.2 Å². The van der Waals surface area contributed by atoms with Crippen LogP contribution < -0.4 is 5.32 Å². The van der Waals surface area contributed by atoms with Gasteiger partial charge in [0.2, 0.25) is 15.9 Å². The van der Waals surface area contributed by atoms with Crippen LogP contribution >= 0.6 is 22.9 Å². The number of thiazole rings is 1. The second-order valence-corrected chi connectivity index (χ2v) is 9.50. The molecule has 26 heavy (non-hydrogen) atoms. The minimum Gasteiger partial charge on any atom is -0.302 e. The van der Waals surface area contributed by atoms with Gasteiger partial charge in [-0.25, -0.2) is 17.7 Å². The van der Waals surface area contributed by atoms with Gasteiger partial charge in [-0.05, 0) is 31.4 Å². The first-order valence-corrected chi connectivity index (χ1v) is 11.3. The summed E-state index contributed by atoms with van der Waals surface area (Å²) in [6, 6.07) is 7.31. The van der Waals surface area contributed by atoms with Crippen LogP contribution in [0, 0.1) is 0 Å². The van der Waals surface area contributed by atoms with Crippen LogP contribution in [0.25, 0.3) is 11.3 Å². The number of benzene rings is 1. The van der Waals surface area contributed by atoms with Crippen LogP contribution in [0.15, 0.2) is 29.6 Å². The molecule has 0 aliphatic carbocycles. The van der Waals surface area contributed by atoms with Gasteiger partial charge in [0.25, 0.3) is 0 Å². The van der Waals surface area contributed by atoms with Gasteiger partial charge >= 0.3 is 0 Å². The first-order chi connectivity index (χ1) is 12.4. The average Bonchev–Trinajstić information content (AvgIpc) is 3.27. The summed E-state index contributed by atoms with van der Waals surface area (Å²) < 4.78 is 25.8. The Labute approximate surface area is 162 Å². The van der Waals surface area contributed by atoms with Gasteiger partial charge in [0.1, 0.15) is 0 Å². The Bertz CT molecular complexity index is 860. The number of nitrogens with zero attached hydrogens (tertiary/aromatic N) is 2. The zero-order valence-electron chi connectivity index (χ0n) is 14.2. The first kappa shape index (κ1) is 19.3. The summed E-state index contributed by atoms with van der Waals surface area (Å²) in [5.74, 6) is -0.215. The van der Waals surface area contributed by atoms with Gasteiger partial charge in [0.05, 0.1) is 11.4 Å². The van der Waals surface area contributed by atoms with E-state index in [1.807, 2.05) is 17.5 Å². The van der Waals surface area contributed by atoms with E-state index in [-0.39, 0.29) is 18.1 Å². The number of rotatable bonds is 7. The molecule has 6 nitrogen and oxygen atoms in total.